The summed E-state index contributed by atoms with van der Waals surface area (Å²) in [6.07, 6.45) is 5.55. The van der Waals surface area contributed by atoms with Gasteiger partial charge in [0.05, 0.1) is 13.7 Å². The molecule has 0 aromatic heterocycles. The van der Waals surface area contributed by atoms with Crippen molar-refractivity contribution in [3.8, 4) is 5.75 Å². The highest BCUT2D eigenvalue weighted by atomic mass is 16.5. The fourth-order valence-corrected chi connectivity index (χ4v) is 3.03. The van der Waals surface area contributed by atoms with Gasteiger partial charge in [0.1, 0.15) is 5.75 Å². The van der Waals surface area contributed by atoms with Gasteiger partial charge in [-0.05, 0) is 62.1 Å². The topological polar surface area (TPSA) is 50.4 Å². The second-order valence-corrected chi connectivity index (χ2v) is 6.25. The van der Waals surface area contributed by atoms with Crippen LogP contribution in [0.1, 0.15) is 25.7 Å². The van der Waals surface area contributed by atoms with Crippen molar-refractivity contribution in [1.29, 1.82) is 0 Å². The Morgan fingerprint density at radius 3 is 2.62 bits per heavy atom. The lowest BCUT2D eigenvalue weighted by Gasteiger charge is -2.16. The molecule has 2 N–H and O–H groups in total. The Balaban J connectivity index is 1.41. The molecule has 2 fully saturated rings. The second-order valence-electron chi connectivity index (χ2n) is 6.25. The largest absolute Gasteiger partial charge is 0.497 e. The van der Waals surface area contributed by atoms with Gasteiger partial charge < -0.3 is 15.4 Å². The molecule has 21 heavy (non-hydrogen) atoms. The molecule has 0 spiro atoms. The zero-order valence-corrected chi connectivity index (χ0v) is 12.6. The quantitative estimate of drug-likeness (QED) is 0.773. The SMILES string of the molecule is COc1cccc(NC(=O)CNCC(C2CC2)C2CC2)c1. The third-order valence-electron chi connectivity index (χ3n) is 4.47. The highest BCUT2D eigenvalue weighted by molar-refractivity contribution is 5.92. The molecule has 0 saturated heterocycles. The van der Waals surface area contributed by atoms with E-state index in [2.05, 4.69) is 10.6 Å². The van der Waals surface area contributed by atoms with E-state index in [9.17, 15) is 4.79 Å². The standard InChI is InChI=1S/C17H24N2O2/c1-21-15-4-2-3-14(9-15)19-17(20)11-18-10-16(12-5-6-12)13-7-8-13/h2-4,9,12-13,16,18H,5-8,10-11H2,1H3,(H,19,20). The minimum absolute atomic E-state index is 0.00796. The zero-order valence-electron chi connectivity index (χ0n) is 12.6. The van der Waals surface area contributed by atoms with Gasteiger partial charge in [-0.15, -0.1) is 0 Å². The van der Waals surface area contributed by atoms with Crippen LogP contribution in [0.3, 0.4) is 0 Å². The molecule has 0 heterocycles. The molecule has 114 valence electrons. The Morgan fingerprint density at radius 1 is 1.29 bits per heavy atom. The van der Waals surface area contributed by atoms with Crippen molar-refractivity contribution in [3.63, 3.8) is 0 Å². The van der Waals surface area contributed by atoms with Crippen LogP contribution >= 0.6 is 0 Å². The summed E-state index contributed by atoms with van der Waals surface area (Å²) < 4.78 is 5.15. The second kappa shape index (κ2) is 6.48. The molecule has 1 aromatic rings. The van der Waals surface area contributed by atoms with Crippen LogP contribution in [-0.4, -0.2) is 26.1 Å². The molecule has 0 atom stereocenters. The van der Waals surface area contributed by atoms with Crippen molar-refractivity contribution >= 4 is 11.6 Å². The summed E-state index contributed by atoms with van der Waals surface area (Å²) in [7, 11) is 1.62. The lowest BCUT2D eigenvalue weighted by molar-refractivity contribution is -0.115. The van der Waals surface area contributed by atoms with Crippen LogP contribution in [0.2, 0.25) is 0 Å². The van der Waals surface area contributed by atoms with Crippen molar-refractivity contribution in [2.45, 2.75) is 25.7 Å². The Bertz CT molecular complexity index is 483. The number of ether oxygens (including phenoxy) is 1. The molecule has 2 aliphatic rings. The first-order valence-corrected chi connectivity index (χ1v) is 7.91. The number of rotatable bonds is 8. The number of methoxy groups -OCH3 is 1. The normalized spacial score (nSPS) is 17.8. The molecule has 1 aromatic carbocycles. The summed E-state index contributed by atoms with van der Waals surface area (Å²) in [5.41, 5.74) is 0.780. The Morgan fingerprint density at radius 2 is 2.00 bits per heavy atom. The summed E-state index contributed by atoms with van der Waals surface area (Å²) in [5.74, 6) is 3.41. The summed E-state index contributed by atoms with van der Waals surface area (Å²) in [4.78, 5) is 12.0. The lowest BCUT2D eigenvalue weighted by atomic mass is 9.98. The average Bonchev–Trinajstić information content (AvgIpc) is 3.37. The van der Waals surface area contributed by atoms with Crippen molar-refractivity contribution in [2.24, 2.45) is 17.8 Å². The highest BCUT2D eigenvalue weighted by Crippen LogP contribution is 2.48. The van der Waals surface area contributed by atoms with E-state index in [1.807, 2.05) is 24.3 Å². The molecular formula is C17H24N2O2. The summed E-state index contributed by atoms with van der Waals surface area (Å²) >= 11 is 0. The number of carbonyl (C=O) groups excluding carboxylic acids is 1. The number of amides is 1. The predicted octanol–water partition coefficient (Wildman–Crippen LogP) is 2.66. The van der Waals surface area contributed by atoms with Crippen molar-refractivity contribution in [2.75, 3.05) is 25.5 Å². The Kier molecular flexibility index (Phi) is 4.44. The third kappa shape index (κ3) is 4.21. The molecule has 0 unspecified atom stereocenters. The van der Waals surface area contributed by atoms with Crippen molar-refractivity contribution in [1.82, 2.24) is 5.32 Å². The van der Waals surface area contributed by atoms with Gasteiger partial charge in [-0.2, -0.15) is 0 Å². The highest BCUT2D eigenvalue weighted by Gasteiger charge is 2.40. The van der Waals surface area contributed by atoms with E-state index in [1.54, 1.807) is 7.11 Å². The molecule has 0 bridgehead atoms. The third-order valence-corrected chi connectivity index (χ3v) is 4.47. The van der Waals surface area contributed by atoms with E-state index in [1.165, 1.54) is 25.7 Å². The van der Waals surface area contributed by atoms with Crippen LogP contribution in [0.5, 0.6) is 5.75 Å². The van der Waals surface area contributed by atoms with E-state index in [4.69, 9.17) is 4.74 Å². The molecule has 0 radical (unpaired) electrons. The van der Waals surface area contributed by atoms with Gasteiger partial charge in [0.15, 0.2) is 0 Å². The van der Waals surface area contributed by atoms with Crippen LogP contribution in [0, 0.1) is 17.8 Å². The van der Waals surface area contributed by atoms with Gasteiger partial charge in [-0.1, -0.05) is 6.07 Å². The fourth-order valence-electron chi connectivity index (χ4n) is 3.03. The maximum absolute atomic E-state index is 12.0. The molecule has 1 amide bonds. The average molecular weight is 288 g/mol. The minimum atomic E-state index is 0.00796. The lowest BCUT2D eigenvalue weighted by Crippen LogP contribution is -2.33. The van der Waals surface area contributed by atoms with E-state index < -0.39 is 0 Å². The van der Waals surface area contributed by atoms with Gasteiger partial charge in [-0.25, -0.2) is 0 Å². The van der Waals surface area contributed by atoms with Gasteiger partial charge in [-0.3, -0.25) is 4.79 Å². The van der Waals surface area contributed by atoms with E-state index in [0.717, 1.165) is 35.7 Å². The van der Waals surface area contributed by atoms with Gasteiger partial charge in [0, 0.05) is 11.8 Å². The first-order chi connectivity index (χ1) is 10.3. The van der Waals surface area contributed by atoms with Crippen LogP contribution in [0.25, 0.3) is 0 Å². The molecule has 4 nitrogen and oxygen atoms in total. The first-order valence-electron chi connectivity index (χ1n) is 7.91. The van der Waals surface area contributed by atoms with Crippen LogP contribution in [0.15, 0.2) is 24.3 Å². The van der Waals surface area contributed by atoms with Gasteiger partial charge in [0.25, 0.3) is 0 Å². The number of nitrogens with one attached hydrogen (secondary N) is 2. The maximum Gasteiger partial charge on any atom is 0.238 e. The monoisotopic (exact) mass is 288 g/mol. The van der Waals surface area contributed by atoms with Gasteiger partial charge in [0.2, 0.25) is 5.91 Å². The number of hydrogen-bond donors (Lipinski definition) is 2. The molecule has 4 heteroatoms. The van der Waals surface area contributed by atoms with E-state index >= 15 is 0 Å². The molecule has 3 rings (SSSR count). The summed E-state index contributed by atoms with van der Waals surface area (Å²) in [6.45, 7) is 1.37. The Labute approximate surface area is 126 Å². The van der Waals surface area contributed by atoms with Crippen molar-refractivity contribution in [3.05, 3.63) is 24.3 Å². The first kappa shape index (κ1) is 14.4. The molecule has 0 aliphatic heterocycles. The smallest absolute Gasteiger partial charge is 0.238 e. The van der Waals surface area contributed by atoms with E-state index in [-0.39, 0.29) is 5.91 Å². The zero-order chi connectivity index (χ0) is 14.7. The molecule has 2 aliphatic carbocycles. The maximum atomic E-state index is 12.0. The van der Waals surface area contributed by atoms with Gasteiger partial charge >= 0.3 is 0 Å². The van der Waals surface area contributed by atoms with Crippen LogP contribution < -0.4 is 15.4 Å². The number of carbonyl (C=O) groups is 1. The minimum Gasteiger partial charge on any atom is -0.497 e. The van der Waals surface area contributed by atoms with Crippen LogP contribution in [-0.2, 0) is 4.79 Å². The molecular weight excluding hydrogens is 264 g/mol. The van der Waals surface area contributed by atoms with Crippen LogP contribution in [0.4, 0.5) is 5.69 Å². The number of hydrogen-bond acceptors (Lipinski definition) is 3. The van der Waals surface area contributed by atoms with Crippen molar-refractivity contribution < 1.29 is 9.53 Å². The summed E-state index contributed by atoms with van der Waals surface area (Å²) in [6, 6.07) is 7.44. The number of anilines is 1. The predicted molar refractivity (Wildman–Crippen MR) is 83.4 cm³/mol. The van der Waals surface area contributed by atoms with E-state index in [0.29, 0.717) is 6.54 Å². The Hall–Kier alpha value is -1.55. The summed E-state index contributed by atoms with van der Waals surface area (Å²) in [5, 5.41) is 6.23. The fraction of sp³-hybridized carbons (Fsp3) is 0.588. The molecule has 2 saturated carbocycles. The number of benzene rings is 1.